The zero-order valence-corrected chi connectivity index (χ0v) is 17.5. The molecular weight excluding hydrogens is 382 g/mol. The molecule has 6 heteroatoms. The second-order valence-electron chi connectivity index (χ2n) is 7.46. The second-order valence-corrected chi connectivity index (χ2v) is 8.40. The first-order valence-electron chi connectivity index (χ1n) is 9.58. The first-order valence-corrected chi connectivity index (χ1v) is 10.6. The molecule has 1 aromatic heterocycles. The van der Waals surface area contributed by atoms with E-state index in [1.54, 1.807) is 0 Å². The predicted molar refractivity (Wildman–Crippen MR) is 116 cm³/mol. The van der Waals surface area contributed by atoms with E-state index in [-0.39, 0.29) is 23.8 Å². The van der Waals surface area contributed by atoms with E-state index in [1.807, 2.05) is 67.9 Å². The van der Waals surface area contributed by atoms with Gasteiger partial charge in [0.15, 0.2) is 5.16 Å². The van der Waals surface area contributed by atoms with Crippen LogP contribution in [0.1, 0.15) is 40.2 Å². The zero-order valence-electron chi connectivity index (χ0n) is 16.7. The summed E-state index contributed by atoms with van der Waals surface area (Å²) in [5.41, 5.74) is 4.71. The van der Waals surface area contributed by atoms with Crippen molar-refractivity contribution in [2.45, 2.75) is 37.1 Å². The Balaban J connectivity index is 1.75. The van der Waals surface area contributed by atoms with Gasteiger partial charge < -0.3 is 9.88 Å². The highest BCUT2D eigenvalue weighted by Gasteiger charge is 2.32. The minimum Gasteiger partial charge on any atom is -0.312 e. The van der Waals surface area contributed by atoms with Crippen LogP contribution in [-0.2, 0) is 17.6 Å². The van der Waals surface area contributed by atoms with Crippen LogP contribution in [0.4, 0.5) is 5.82 Å². The number of benzene rings is 2. The van der Waals surface area contributed by atoms with Gasteiger partial charge in [-0.3, -0.25) is 9.59 Å². The smallest absolute Gasteiger partial charge is 0.279 e. The van der Waals surface area contributed by atoms with Crippen LogP contribution >= 0.6 is 11.8 Å². The molecule has 0 bridgehead atoms. The number of amides is 1. The van der Waals surface area contributed by atoms with Crippen molar-refractivity contribution in [3.63, 3.8) is 0 Å². The number of thioether (sulfide) groups is 1. The summed E-state index contributed by atoms with van der Waals surface area (Å²) in [5.74, 6) is 0.900. The number of nitrogens with zero attached hydrogens (tertiary/aromatic N) is 2. The SMILES string of the molecule is Cc1ccc([C@H]2CC(=O)Nc3c2c(=O)nc(SCc2ccccc2)n3C)c(C)c1. The number of carbonyl (C=O) groups is 1. The van der Waals surface area contributed by atoms with E-state index in [2.05, 4.69) is 16.4 Å². The van der Waals surface area contributed by atoms with Crippen molar-refractivity contribution in [2.75, 3.05) is 5.32 Å². The Labute approximate surface area is 174 Å². The Hall–Kier alpha value is -2.86. The van der Waals surface area contributed by atoms with Gasteiger partial charge in [0.1, 0.15) is 5.82 Å². The number of nitrogens with one attached hydrogen (secondary N) is 1. The molecule has 0 radical (unpaired) electrons. The summed E-state index contributed by atoms with van der Waals surface area (Å²) in [6, 6.07) is 16.2. The van der Waals surface area contributed by atoms with Crippen molar-refractivity contribution in [3.05, 3.63) is 86.7 Å². The monoisotopic (exact) mass is 405 g/mol. The van der Waals surface area contributed by atoms with Gasteiger partial charge >= 0.3 is 0 Å². The molecule has 4 rings (SSSR count). The summed E-state index contributed by atoms with van der Waals surface area (Å²) in [4.78, 5) is 29.9. The lowest BCUT2D eigenvalue weighted by molar-refractivity contribution is -0.116. The molecule has 0 aliphatic carbocycles. The van der Waals surface area contributed by atoms with Crippen LogP contribution in [0.3, 0.4) is 0 Å². The first kappa shape index (κ1) is 19.5. The van der Waals surface area contributed by atoms with Gasteiger partial charge in [0.2, 0.25) is 5.91 Å². The molecule has 1 atom stereocenters. The Morgan fingerprint density at radius 1 is 1.14 bits per heavy atom. The molecule has 0 spiro atoms. The Bertz CT molecular complexity index is 1140. The number of fused-ring (bicyclic) bond motifs is 1. The summed E-state index contributed by atoms with van der Waals surface area (Å²) >= 11 is 1.49. The van der Waals surface area contributed by atoms with E-state index in [4.69, 9.17) is 0 Å². The minimum absolute atomic E-state index is 0.0808. The fourth-order valence-electron chi connectivity index (χ4n) is 3.87. The summed E-state index contributed by atoms with van der Waals surface area (Å²) in [5, 5.41) is 3.51. The number of hydrogen-bond donors (Lipinski definition) is 1. The molecule has 0 saturated heterocycles. The van der Waals surface area contributed by atoms with E-state index in [0.29, 0.717) is 22.3 Å². The van der Waals surface area contributed by atoms with Crippen LogP contribution in [0.15, 0.2) is 58.5 Å². The first-order chi connectivity index (χ1) is 13.9. The molecule has 2 aromatic carbocycles. The van der Waals surface area contributed by atoms with Crippen LogP contribution in [0, 0.1) is 13.8 Å². The van der Waals surface area contributed by atoms with Gasteiger partial charge in [0, 0.05) is 25.1 Å². The normalized spacial score (nSPS) is 15.7. The standard InChI is InChI=1S/C23H23N3O2S/c1-14-9-10-17(15(2)11-14)18-12-19(27)24-21-20(18)22(28)25-23(26(21)3)29-13-16-7-5-4-6-8-16/h4-11,18H,12-13H2,1-3H3,(H,24,27)/t18-/m1/s1. The summed E-state index contributed by atoms with van der Waals surface area (Å²) in [6.45, 7) is 4.06. The number of carbonyl (C=O) groups excluding carboxylic acids is 1. The van der Waals surface area contributed by atoms with E-state index >= 15 is 0 Å². The Morgan fingerprint density at radius 2 is 1.90 bits per heavy atom. The number of aryl methyl sites for hydroxylation is 2. The van der Waals surface area contributed by atoms with Crippen molar-refractivity contribution >= 4 is 23.5 Å². The van der Waals surface area contributed by atoms with Crippen LogP contribution in [-0.4, -0.2) is 15.5 Å². The van der Waals surface area contributed by atoms with Gasteiger partial charge in [-0.15, -0.1) is 0 Å². The van der Waals surface area contributed by atoms with Crippen LogP contribution < -0.4 is 10.9 Å². The molecule has 1 aliphatic heterocycles. The third-order valence-electron chi connectivity index (χ3n) is 5.31. The lowest BCUT2D eigenvalue weighted by Gasteiger charge is -2.28. The van der Waals surface area contributed by atoms with E-state index in [1.165, 1.54) is 11.8 Å². The Kier molecular flexibility index (Phi) is 5.28. The van der Waals surface area contributed by atoms with Crippen LogP contribution in [0.2, 0.25) is 0 Å². The summed E-state index contributed by atoms with van der Waals surface area (Å²) in [7, 11) is 1.85. The molecule has 0 saturated carbocycles. The lowest BCUT2D eigenvalue weighted by atomic mass is 9.84. The highest BCUT2D eigenvalue weighted by molar-refractivity contribution is 7.98. The zero-order chi connectivity index (χ0) is 20.5. The van der Waals surface area contributed by atoms with Gasteiger partial charge in [0.25, 0.3) is 5.56 Å². The highest BCUT2D eigenvalue weighted by atomic mass is 32.2. The molecule has 1 N–H and O–H groups in total. The topological polar surface area (TPSA) is 64.0 Å². The maximum Gasteiger partial charge on any atom is 0.279 e. The van der Waals surface area contributed by atoms with E-state index < -0.39 is 0 Å². The predicted octanol–water partition coefficient (Wildman–Crippen LogP) is 4.16. The van der Waals surface area contributed by atoms with Gasteiger partial charge in [-0.25, -0.2) is 0 Å². The molecule has 1 amide bonds. The highest BCUT2D eigenvalue weighted by Crippen LogP contribution is 2.37. The van der Waals surface area contributed by atoms with E-state index in [9.17, 15) is 9.59 Å². The third kappa shape index (κ3) is 3.85. The number of aromatic nitrogens is 2. The van der Waals surface area contributed by atoms with Crippen molar-refractivity contribution in [1.29, 1.82) is 0 Å². The fraction of sp³-hybridized carbons (Fsp3) is 0.261. The van der Waals surface area contributed by atoms with Gasteiger partial charge in [0.05, 0.1) is 5.56 Å². The van der Waals surface area contributed by atoms with Crippen LogP contribution in [0.5, 0.6) is 0 Å². The Morgan fingerprint density at radius 3 is 2.62 bits per heavy atom. The largest absolute Gasteiger partial charge is 0.312 e. The molecule has 2 heterocycles. The van der Waals surface area contributed by atoms with Gasteiger partial charge in [-0.2, -0.15) is 4.98 Å². The van der Waals surface area contributed by atoms with Gasteiger partial charge in [-0.1, -0.05) is 65.9 Å². The average Bonchev–Trinajstić information content (AvgIpc) is 2.70. The molecule has 3 aromatic rings. The summed E-state index contributed by atoms with van der Waals surface area (Å²) in [6.07, 6.45) is 0.254. The van der Waals surface area contributed by atoms with E-state index in [0.717, 1.165) is 22.3 Å². The maximum absolute atomic E-state index is 13.0. The van der Waals surface area contributed by atoms with Crippen molar-refractivity contribution in [1.82, 2.24) is 9.55 Å². The fourth-order valence-corrected chi connectivity index (χ4v) is 4.79. The van der Waals surface area contributed by atoms with Crippen molar-refractivity contribution in [2.24, 2.45) is 7.05 Å². The number of anilines is 1. The second kappa shape index (κ2) is 7.87. The summed E-state index contributed by atoms with van der Waals surface area (Å²) < 4.78 is 1.83. The molecule has 29 heavy (non-hydrogen) atoms. The lowest BCUT2D eigenvalue weighted by Crippen LogP contribution is -2.33. The number of hydrogen-bond acceptors (Lipinski definition) is 4. The van der Waals surface area contributed by atoms with Crippen LogP contribution in [0.25, 0.3) is 0 Å². The average molecular weight is 406 g/mol. The molecule has 148 valence electrons. The molecule has 5 nitrogen and oxygen atoms in total. The molecule has 0 unspecified atom stereocenters. The molecule has 0 fully saturated rings. The third-order valence-corrected chi connectivity index (χ3v) is 6.41. The van der Waals surface area contributed by atoms with Crippen molar-refractivity contribution < 1.29 is 4.79 Å². The molecular formula is C23H23N3O2S. The van der Waals surface area contributed by atoms with Crippen molar-refractivity contribution in [3.8, 4) is 0 Å². The molecule has 1 aliphatic rings. The quantitative estimate of drug-likeness (QED) is 0.523. The maximum atomic E-state index is 13.0. The number of rotatable bonds is 4. The van der Waals surface area contributed by atoms with Gasteiger partial charge in [-0.05, 0) is 30.5 Å². The minimum atomic E-state index is -0.279.